The number of hydrogen-bond donors (Lipinski definition) is 0. The Bertz CT molecular complexity index is 192. The lowest BCUT2D eigenvalue weighted by Crippen LogP contribution is -2.18. The van der Waals surface area contributed by atoms with Crippen LogP contribution in [-0.2, 0) is 14.4 Å². The highest BCUT2D eigenvalue weighted by Gasteiger charge is 2.19. The van der Waals surface area contributed by atoms with Crippen molar-refractivity contribution in [2.75, 3.05) is 0 Å². The van der Waals surface area contributed by atoms with E-state index in [-0.39, 0.29) is 23.4 Å². The smallest absolute Gasteiger partial charge is 0.130 e. The van der Waals surface area contributed by atoms with Crippen molar-refractivity contribution in [1.82, 2.24) is 0 Å². The molecule has 0 N–H and O–H groups in total. The largest absolute Gasteiger partial charge is 0.303 e. The van der Waals surface area contributed by atoms with Crippen LogP contribution in [0.15, 0.2) is 0 Å². The quantitative estimate of drug-likeness (QED) is 0.586. The van der Waals surface area contributed by atoms with E-state index in [9.17, 15) is 14.4 Å². The molecule has 0 bridgehead atoms. The Balaban J connectivity index is 4.25. The van der Waals surface area contributed by atoms with Gasteiger partial charge in [0.15, 0.2) is 0 Å². The Kier molecular flexibility index (Phi) is 5.19. The fourth-order valence-corrected chi connectivity index (χ4v) is 1.29. The molecule has 0 aromatic heterocycles. The van der Waals surface area contributed by atoms with Crippen LogP contribution in [0.3, 0.4) is 0 Å². The number of rotatable bonds is 6. The molecule has 3 heteroatoms. The van der Waals surface area contributed by atoms with E-state index in [2.05, 4.69) is 0 Å². The van der Waals surface area contributed by atoms with E-state index in [0.29, 0.717) is 12.8 Å². The fourth-order valence-electron chi connectivity index (χ4n) is 1.29. The van der Waals surface area contributed by atoms with Gasteiger partial charge in [0.2, 0.25) is 0 Å². The van der Waals surface area contributed by atoms with Crippen LogP contribution in [0.4, 0.5) is 0 Å². The van der Waals surface area contributed by atoms with E-state index in [1.807, 2.05) is 0 Å². The van der Waals surface area contributed by atoms with Crippen molar-refractivity contribution in [2.45, 2.75) is 33.6 Å². The summed E-state index contributed by atoms with van der Waals surface area (Å²) in [7, 11) is 0. The van der Waals surface area contributed by atoms with Crippen LogP contribution in [0.1, 0.15) is 33.6 Å². The molecule has 0 spiro atoms. The maximum atomic E-state index is 10.8. The minimum Gasteiger partial charge on any atom is -0.303 e. The third-order valence-electron chi connectivity index (χ3n) is 2.06. The normalized spacial score (nSPS) is 12.6. The van der Waals surface area contributed by atoms with E-state index in [0.717, 1.165) is 6.29 Å². The molecule has 1 atom stereocenters. The van der Waals surface area contributed by atoms with Gasteiger partial charge in [-0.3, -0.25) is 0 Å². The summed E-state index contributed by atoms with van der Waals surface area (Å²) in [6.45, 7) is 4.69. The molecule has 0 radical (unpaired) electrons. The molecule has 0 fully saturated rings. The zero-order valence-electron chi connectivity index (χ0n) is 8.37. The Morgan fingerprint density at radius 2 is 1.54 bits per heavy atom. The van der Waals surface area contributed by atoms with Gasteiger partial charge >= 0.3 is 0 Å². The van der Waals surface area contributed by atoms with Gasteiger partial charge in [-0.05, 0) is 19.8 Å². The lowest BCUT2D eigenvalue weighted by molar-refractivity contribution is -0.121. The number of Topliss-reactive ketones (excluding diaryl/α,β-unsaturated/α-hetero) is 2. The van der Waals surface area contributed by atoms with Gasteiger partial charge in [0.1, 0.15) is 17.9 Å². The second-order valence-electron chi connectivity index (χ2n) is 3.57. The third-order valence-corrected chi connectivity index (χ3v) is 2.06. The molecule has 0 saturated heterocycles. The topological polar surface area (TPSA) is 51.2 Å². The average Bonchev–Trinajstić information content (AvgIpc) is 2.00. The summed E-state index contributed by atoms with van der Waals surface area (Å²) < 4.78 is 0. The summed E-state index contributed by atoms with van der Waals surface area (Å²) in [6.07, 6.45) is 1.44. The van der Waals surface area contributed by atoms with Gasteiger partial charge in [-0.2, -0.15) is 0 Å². The van der Waals surface area contributed by atoms with Gasteiger partial charge in [-0.1, -0.05) is 6.92 Å². The van der Waals surface area contributed by atoms with Crippen molar-refractivity contribution in [3.63, 3.8) is 0 Å². The van der Waals surface area contributed by atoms with Gasteiger partial charge in [0.25, 0.3) is 0 Å². The Hall–Kier alpha value is -0.990. The molecule has 13 heavy (non-hydrogen) atoms. The predicted octanol–water partition coefficient (Wildman–Crippen LogP) is 1.40. The molecule has 0 aliphatic rings. The van der Waals surface area contributed by atoms with Gasteiger partial charge < -0.3 is 14.4 Å². The van der Waals surface area contributed by atoms with Crippen molar-refractivity contribution in [1.29, 1.82) is 0 Å². The maximum Gasteiger partial charge on any atom is 0.130 e. The summed E-state index contributed by atoms with van der Waals surface area (Å²) in [5.41, 5.74) is 0. The molecule has 0 aromatic carbocycles. The zero-order chi connectivity index (χ0) is 10.4. The molecule has 0 aliphatic carbocycles. The number of carbonyl (C=O) groups excluding carboxylic acids is 3. The molecular weight excluding hydrogens is 168 g/mol. The zero-order valence-corrected chi connectivity index (χ0v) is 8.37. The van der Waals surface area contributed by atoms with E-state index < -0.39 is 0 Å². The molecule has 0 amide bonds. The third kappa shape index (κ3) is 5.28. The molecule has 0 heterocycles. The van der Waals surface area contributed by atoms with E-state index in [4.69, 9.17) is 0 Å². The van der Waals surface area contributed by atoms with E-state index in [1.165, 1.54) is 13.8 Å². The molecule has 0 rings (SSSR count). The van der Waals surface area contributed by atoms with E-state index >= 15 is 0 Å². The van der Waals surface area contributed by atoms with Gasteiger partial charge in [-0.25, -0.2) is 0 Å². The van der Waals surface area contributed by atoms with Crippen LogP contribution in [0.5, 0.6) is 0 Å². The second-order valence-corrected chi connectivity index (χ2v) is 3.57. The highest BCUT2D eigenvalue weighted by molar-refractivity contribution is 5.79. The monoisotopic (exact) mass is 184 g/mol. The summed E-state index contributed by atoms with van der Waals surface area (Å²) in [5, 5.41) is 0. The van der Waals surface area contributed by atoms with Crippen LogP contribution in [-0.4, -0.2) is 17.9 Å². The van der Waals surface area contributed by atoms with Crippen molar-refractivity contribution in [3.05, 3.63) is 0 Å². The molecular formula is C10H16O3. The molecule has 3 nitrogen and oxygen atoms in total. The first-order valence-electron chi connectivity index (χ1n) is 4.41. The SMILES string of the molecule is CC(=O)CC(CC(C)=O)C(C)C=O. The lowest BCUT2D eigenvalue weighted by Gasteiger charge is -2.16. The number of aldehydes is 1. The van der Waals surface area contributed by atoms with Crippen LogP contribution in [0.25, 0.3) is 0 Å². The predicted molar refractivity (Wildman–Crippen MR) is 49.3 cm³/mol. The van der Waals surface area contributed by atoms with Crippen molar-refractivity contribution < 1.29 is 14.4 Å². The summed E-state index contributed by atoms with van der Waals surface area (Å²) in [5.74, 6) is -0.278. The summed E-state index contributed by atoms with van der Waals surface area (Å²) >= 11 is 0. The van der Waals surface area contributed by atoms with Crippen molar-refractivity contribution in [2.24, 2.45) is 11.8 Å². The first kappa shape index (κ1) is 12.0. The molecule has 0 aliphatic heterocycles. The summed E-state index contributed by atoms with van der Waals surface area (Å²) in [6, 6.07) is 0. The lowest BCUT2D eigenvalue weighted by atomic mass is 9.86. The van der Waals surface area contributed by atoms with E-state index in [1.54, 1.807) is 6.92 Å². The van der Waals surface area contributed by atoms with Crippen LogP contribution < -0.4 is 0 Å². The first-order valence-corrected chi connectivity index (χ1v) is 4.41. The highest BCUT2D eigenvalue weighted by Crippen LogP contribution is 2.18. The van der Waals surface area contributed by atoms with Gasteiger partial charge in [0.05, 0.1) is 0 Å². The number of ketones is 2. The fraction of sp³-hybridized carbons (Fsp3) is 0.700. The maximum absolute atomic E-state index is 10.8. The summed E-state index contributed by atoms with van der Waals surface area (Å²) in [4.78, 5) is 32.1. The molecule has 0 aromatic rings. The molecule has 0 saturated carbocycles. The number of hydrogen-bond acceptors (Lipinski definition) is 3. The second kappa shape index (κ2) is 5.62. The minimum atomic E-state index is -0.215. The van der Waals surface area contributed by atoms with Gasteiger partial charge in [-0.15, -0.1) is 0 Å². The highest BCUT2D eigenvalue weighted by atomic mass is 16.1. The van der Waals surface area contributed by atoms with Crippen LogP contribution in [0, 0.1) is 11.8 Å². The van der Waals surface area contributed by atoms with Gasteiger partial charge in [0, 0.05) is 18.8 Å². The number of carbonyl (C=O) groups is 3. The van der Waals surface area contributed by atoms with Crippen LogP contribution >= 0.6 is 0 Å². The average molecular weight is 184 g/mol. The van der Waals surface area contributed by atoms with Crippen molar-refractivity contribution >= 4 is 17.9 Å². The molecule has 1 unspecified atom stereocenters. The standard InChI is InChI=1S/C10H16O3/c1-7(6-11)10(4-8(2)12)5-9(3)13/h6-7,10H,4-5H2,1-3H3. The minimum absolute atomic E-state index is 0.0277. The first-order chi connectivity index (χ1) is 5.97. The molecule has 74 valence electrons. The van der Waals surface area contributed by atoms with Crippen molar-refractivity contribution in [3.8, 4) is 0 Å². The Labute approximate surface area is 78.5 Å². The Morgan fingerprint density at radius 3 is 1.77 bits per heavy atom. The Morgan fingerprint density at radius 1 is 1.15 bits per heavy atom. The van der Waals surface area contributed by atoms with Crippen LogP contribution in [0.2, 0.25) is 0 Å².